The topological polar surface area (TPSA) is 194 Å². The smallest absolute Gasteiger partial charge is 0.326 e. The van der Waals surface area contributed by atoms with Crippen LogP contribution < -0.4 is 27.4 Å². The van der Waals surface area contributed by atoms with E-state index in [0.717, 1.165) is 0 Å². The van der Waals surface area contributed by atoms with Crippen LogP contribution in [0.5, 0.6) is 0 Å². The third-order valence-corrected chi connectivity index (χ3v) is 5.18. The summed E-state index contributed by atoms with van der Waals surface area (Å²) in [4.78, 5) is 59.6. The molecule has 0 saturated carbocycles. The first-order chi connectivity index (χ1) is 13.9. The number of nitrogens with two attached hydrogens (primary N) is 2. The molecule has 0 aliphatic heterocycles. The highest BCUT2D eigenvalue weighted by Gasteiger charge is 2.30. The minimum absolute atomic E-state index is 0.320. The maximum absolute atomic E-state index is 12.5. The number of carboxylic acids is 1. The highest BCUT2D eigenvalue weighted by Crippen LogP contribution is 2.08. The molecule has 0 aromatic carbocycles. The Bertz CT molecular complexity index is 632. The molecule has 172 valence electrons. The van der Waals surface area contributed by atoms with Crippen molar-refractivity contribution < 1.29 is 29.1 Å². The standard InChI is InChI=1S/C18H33N5O6S/c1-5-9(2)14(18(28)29)23-15(25)10(3)21-17(27)12(8-13(20)24)22-16(26)11(19)6-7-30-4/h9-12,14H,5-8,19H2,1-4H3,(H2,20,24)(H,21,27)(H,22,26)(H,23,25)(H,28,29). The summed E-state index contributed by atoms with van der Waals surface area (Å²) in [6.45, 7) is 4.83. The minimum Gasteiger partial charge on any atom is -0.480 e. The normalized spacial score (nSPS) is 15.8. The molecular formula is C18H33N5O6S. The quantitative estimate of drug-likeness (QED) is 0.186. The van der Waals surface area contributed by atoms with Crippen LogP contribution in [-0.2, 0) is 24.0 Å². The predicted octanol–water partition coefficient (Wildman–Crippen LogP) is -1.45. The Kier molecular flexibility index (Phi) is 12.7. The summed E-state index contributed by atoms with van der Waals surface area (Å²) in [7, 11) is 0. The number of hydrogen-bond acceptors (Lipinski definition) is 7. The zero-order chi connectivity index (χ0) is 23.4. The average Bonchev–Trinajstić information content (AvgIpc) is 2.67. The molecule has 11 nitrogen and oxygen atoms in total. The van der Waals surface area contributed by atoms with Crippen LogP contribution in [0.2, 0.25) is 0 Å². The van der Waals surface area contributed by atoms with E-state index < -0.39 is 60.2 Å². The third kappa shape index (κ3) is 9.92. The van der Waals surface area contributed by atoms with E-state index in [2.05, 4.69) is 16.0 Å². The lowest BCUT2D eigenvalue weighted by Crippen LogP contribution is -2.57. The van der Waals surface area contributed by atoms with Crippen molar-refractivity contribution in [2.75, 3.05) is 12.0 Å². The maximum Gasteiger partial charge on any atom is 0.326 e. The van der Waals surface area contributed by atoms with Crippen LogP contribution in [0.3, 0.4) is 0 Å². The van der Waals surface area contributed by atoms with E-state index in [0.29, 0.717) is 18.6 Å². The van der Waals surface area contributed by atoms with E-state index in [1.807, 2.05) is 6.26 Å². The monoisotopic (exact) mass is 447 g/mol. The van der Waals surface area contributed by atoms with Gasteiger partial charge in [0.15, 0.2) is 0 Å². The Hall–Kier alpha value is -2.34. The van der Waals surface area contributed by atoms with Gasteiger partial charge in [-0.15, -0.1) is 0 Å². The molecule has 0 bridgehead atoms. The average molecular weight is 448 g/mol. The van der Waals surface area contributed by atoms with Gasteiger partial charge < -0.3 is 32.5 Å². The second-order valence-corrected chi connectivity index (χ2v) is 8.05. The Morgan fingerprint density at radius 1 is 1.00 bits per heavy atom. The van der Waals surface area contributed by atoms with Gasteiger partial charge in [-0.3, -0.25) is 19.2 Å². The van der Waals surface area contributed by atoms with E-state index in [-0.39, 0.29) is 5.92 Å². The highest BCUT2D eigenvalue weighted by molar-refractivity contribution is 7.98. The molecule has 4 amide bonds. The molecular weight excluding hydrogens is 414 g/mol. The first kappa shape index (κ1) is 27.7. The lowest BCUT2D eigenvalue weighted by molar-refractivity contribution is -0.143. The van der Waals surface area contributed by atoms with Gasteiger partial charge in [0.25, 0.3) is 0 Å². The van der Waals surface area contributed by atoms with Gasteiger partial charge in [0.2, 0.25) is 23.6 Å². The van der Waals surface area contributed by atoms with Gasteiger partial charge in [0, 0.05) is 0 Å². The largest absolute Gasteiger partial charge is 0.480 e. The van der Waals surface area contributed by atoms with Gasteiger partial charge in [0.05, 0.1) is 12.5 Å². The van der Waals surface area contributed by atoms with Crippen molar-refractivity contribution in [1.82, 2.24) is 16.0 Å². The summed E-state index contributed by atoms with van der Waals surface area (Å²) >= 11 is 1.51. The van der Waals surface area contributed by atoms with E-state index in [1.165, 1.54) is 18.7 Å². The number of nitrogens with one attached hydrogen (secondary N) is 3. The summed E-state index contributed by atoms with van der Waals surface area (Å²) in [6.07, 6.45) is 2.28. The first-order valence-corrected chi connectivity index (χ1v) is 11.0. The molecule has 0 aromatic heterocycles. The molecule has 0 aliphatic rings. The summed E-state index contributed by atoms with van der Waals surface area (Å²) in [5, 5.41) is 16.4. The molecule has 0 saturated heterocycles. The van der Waals surface area contributed by atoms with E-state index >= 15 is 0 Å². The van der Waals surface area contributed by atoms with Crippen molar-refractivity contribution in [2.45, 2.75) is 64.2 Å². The summed E-state index contributed by atoms with van der Waals surface area (Å²) in [5.41, 5.74) is 10.9. The Labute approximate surface area is 180 Å². The minimum atomic E-state index is -1.31. The molecule has 0 radical (unpaired) electrons. The molecule has 0 aliphatic carbocycles. The van der Waals surface area contributed by atoms with Gasteiger partial charge in [-0.2, -0.15) is 11.8 Å². The van der Waals surface area contributed by atoms with Crippen LogP contribution in [0.25, 0.3) is 0 Å². The van der Waals surface area contributed by atoms with Gasteiger partial charge >= 0.3 is 5.97 Å². The molecule has 0 fully saturated rings. The molecule has 0 rings (SSSR count). The maximum atomic E-state index is 12.5. The van der Waals surface area contributed by atoms with E-state index in [9.17, 15) is 29.1 Å². The predicted molar refractivity (Wildman–Crippen MR) is 113 cm³/mol. The van der Waals surface area contributed by atoms with Crippen molar-refractivity contribution >= 4 is 41.4 Å². The fourth-order valence-electron chi connectivity index (χ4n) is 2.41. The molecule has 5 atom stereocenters. The molecule has 0 spiro atoms. The number of aliphatic carboxylic acids is 1. The van der Waals surface area contributed by atoms with Gasteiger partial charge in [-0.05, 0) is 31.3 Å². The first-order valence-electron chi connectivity index (χ1n) is 9.61. The number of hydrogen-bond donors (Lipinski definition) is 6. The zero-order valence-corrected chi connectivity index (χ0v) is 18.6. The second-order valence-electron chi connectivity index (χ2n) is 7.06. The van der Waals surface area contributed by atoms with Crippen LogP contribution in [0.15, 0.2) is 0 Å². The molecule has 8 N–H and O–H groups in total. The number of carboxylic acid groups (broad SMARTS) is 1. The van der Waals surface area contributed by atoms with Crippen LogP contribution in [0.1, 0.15) is 40.0 Å². The lowest BCUT2D eigenvalue weighted by atomic mass is 9.99. The number of thioether (sulfide) groups is 1. The van der Waals surface area contributed by atoms with Gasteiger partial charge in [0.1, 0.15) is 18.1 Å². The highest BCUT2D eigenvalue weighted by atomic mass is 32.2. The van der Waals surface area contributed by atoms with E-state index in [1.54, 1.807) is 13.8 Å². The van der Waals surface area contributed by atoms with Crippen molar-refractivity contribution in [1.29, 1.82) is 0 Å². The molecule has 0 aromatic rings. The van der Waals surface area contributed by atoms with Crippen molar-refractivity contribution in [3.8, 4) is 0 Å². The SMILES string of the molecule is CCC(C)C(NC(=O)C(C)NC(=O)C(CC(N)=O)NC(=O)C(N)CCSC)C(=O)O. The summed E-state index contributed by atoms with van der Waals surface area (Å²) in [5.74, 6) is -3.83. The number of carbonyl (C=O) groups is 5. The van der Waals surface area contributed by atoms with Crippen LogP contribution in [0, 0.1) is 5.92 Å². The zero-order valence-electron chi connectivity index (χ0n) is 17.8. The van der Waals surface area contributed by atoms with Gasteiger partial charge in [-0.25, -0.2) is 4.79 Å². The second kappa shape index (κ2) is 13.8. The van der Waals surface area contributed by atoms with Crippen molar-refractivity contribution in [3.05, 3.63) is 0 Å². The Balaban J connectivity index is 5.08. The molecule has 0 heterocycles. The van der Waals surface area contributed by atoms with Crippen molar-refractivity contribution in [3.63, 3.8) is 0 Å². The summed E-state index contributed by atoms with van der Waals surface area (Å²) in [6, 6.07) is -4.40. The number of carbonyl (C=O) groups excluding carboxylic acids is 4. The number of rotatable bonds is 14. The number of primary amides is 1. The Morgan fingerprint density at radius 2 is 1.60 bits per heavy atom. The fraction of sp³-hybridized carbons (Fsp3) is 0.722. The van der Waals surface area contributed by atoms with Crippen LogP contribution in [0.4, 0.5) is 0 Å². The Morgan fingerprint density at radius 3 is 2.07 bits per heavy atom. The van der Waals surface area contributed by atoms with Crippen molar-refractivity contribution in [2.24, 2.45) is 17.4 Å². The molecule has 12 heteroatoms. The fourth-order valence-corrected chi connectivity index (χ4v) is 2.90. The molecule has 5 unspecified atom stereocenters. The van der Waals surface area contributed by atoms with E-state index in [4.69, 9.17) is 11.5 Å². The van der Waals surface area contributed by atoms with Crippen LogP contribution in [-0.4, -0.2) is 70.9 Å². The molecule has 30 heavy (non-hydrogen) atoms. The van der Waals surface area contributed by atoms with Crippen LogP contribution >= 0.6 is 11.8 Å². The third-order valence-electron chi connectivity index (χ3n) is 4.54. The lowest BCUT2D eigenvalue weighted by Gasteiger charge is -2.24. The van der Waals surface area contributed by atoms with Gasteiger partial charge in [-0.1, -0.05) is 20.3 Å². The summed E-state index contributed by atoms with van der Waals surface area (Å²) < 4.78 is 0. The number of amides is 4.